The molecule has 0 bridgehead atoms. The molecule has 4 rings (SSSR count). The molecule has 4 heterocycles. The summed E-state index contributed by atoms with van der Waals surface area (Å²) in [6, 6.07) is 6.73. The van der Waals surface area contributed by atoms with Gasteiger partial charge in [-0.3, -0.25) is 24.7 Å². The monoisotopic (exact) mass is 568 g/mol. The average molecular weight is 569 g/mol. The number of rotatable bonds is 15. The predicted molar refractivity (Wildman–Crippen MR) is 143 cm³/mol. The van der Waals surface area contributed by atoms with Gasteiger partial charge >= 0.3 is 0 Å². The molecule has 0 saturated heterocycles. The zero-order valence-corrected chi connectivity index (χ0v) is 21.6. The Bertz CT molecular complexity index is 1370. The second-order valence-electron chi connectivity index (χ2n) is 7.99. The number of pyridine rings is 2. The molecule has 0 aromatic carbocycles. The summed E-state index contributed by atoms with van der Waals surface area (Å²) in [5, 5.41) is 51.2. The van der Waals surface area contributed by atoms with Crippen molar-refractivity contribution in [3.63, 3.8) is 0 Å². The van der Waals surface area contributed by atoms with Gasteiger partial charge in [-0.25, -0.2) is 0 Å². The maximum absolute atomic E-state index is 10.0. The summed E-state index contributed by atoms with van der Waals surface area (Å²) < 4.78 is 5.65. The van der Waals surface area contributed by atoms with Crippen LogP contribution >= 0.6 is 0 Å². The highest BCUT2D eigenvalue weighted by molar-refractivity contribution is 5.58. The fourth-order valence-electron chi connectivity index (χ4n) is 3.26. The van der Waals surface area contributed by atoms with Crippen LogP contribution in [0.2, 0.25) is 0 Å². The van der Waals surface area contributed by atoms with E-state index in [9.17, 15) is 25.5 Å². The van der Waals surface area contributed by atoms with Gasteiger partial charge in [0.05, 0.1) is 0 Å². The second-order valence-corrected chi connectivity index (χ2v) is 7.99. The quantitative estimate of drug-likeness (QED) is 0.0699. The number of aromatic nitrogens is 8. The highest BCUT2D eigenvalue weighted by Gasteiger charge is 2.18. The van der Waals surface area contributed by atoms with E-state index in [0.717, 1.165) is 9.80 Å². The smallest absolute Gasteiger partial charge is 0.234 e. The van der Waals surface area contributed by atoms with Gasteiger partial charge in [0.25, 0.3) is 0 Å². The number of nitrogens with zero attached hydrogens (tertiary/aromatic N) is 11. The van der Waals surface area contributed by atoms with Gasteiger partial charge in [0.15, 0.2) is 11.6 Å². The third-order valence-corrected chi connectivity index (χ3v) is 5.39. The number of aliphatic hydroxyl groups excluding tert-OH is 5. The molecule has 4 aromatic rings. The van der Waals surface area contributed by atoms with Crippen molar-refractivity contribution in [1.29, 1.82) is 0 Å². The fourth-order valence-corrected chi connectivity index (χ4v) is 3.26. The lowest BCUT2D eigenvalue weighted by molar-refractivity contribution is 0.130. The van der Waals surface area contributed by atoms with E-state index in [-0.39, 0.29) is 48.9 Å². The van der Waals surface area contributed by atoms with Crippen LogP contribution in [0.25, 0.3) is 22.8 Å². The molecule has 0 saturated carbocycles. The Morgan fingerprint density at radius 2 is 1.00 bits per heavy atom. The molecule has 216 valence electrons. The maximum atomic E-state index is 10.0. The Balaban J connectivity index is 1.51. The van der Waals surface area contributed by atoms with E-state index in [1.54, 1.807) is 49.1 Å². The van der Waals surface area contributed by atoms with Crippen LogP contribution in [-0.4, -0.2) is 113 Å². The summed E-state index contributed by atoms with van der Waals surface area (Å²) in [6.45, 7) is -3.06. The number of ether oxygens (including phenoxy) is 1. The summed E-state index contributed by atoms with van der Waals surface area (Å²) in [4.78, 5) is 37.2. The van der Waals surface area contributed by atoms with Crippen molar-refractivity contribution in [2.45, 2.75) is 0 Å². The van der Waals surface area contributed by atoms with E-state index >= 15 is 0 Å². The van der Waals surface area contributed by atoms with E-state index in [0.29, 0.717) is 11.1 Å². The molecule has 0 radical (unpaired) electrons. The van der Waals surface area contributed by atoms with Gasteiger partial charge in [-0.2, -0.15) is 29.9 Å². The van der Waals surface area contributed by atoms with Crippen LogP contribution in [0.5, 0.6) is 0 Å². The molecule has 0 spiro atoms. The van der Waals surface area contributed by atoms with E-state index in [2.05, 4.69) is 45.2 Å². The van der Waals surface area contributed by atoms with Crippen LogP contribution in [0, 0.1) is 0 Å². The molecule has 0 atom stereocenters. The van der Waals surface area contributed by atoms with Crippen LogP contribution in [-0.2, 0) is 4.74 Å². The summed E-state index contributed by atoms with van der Waals surface area (Å²) in [5.41, 5.74) is 1.22. The zero-order chi connectivity index (χ0) is 29.0. The van der Waals surface area contributed by atoms with Crippen LogP contribution in [0.3, 0.4) is 0 Å². The van der Waals surface area contributed by atoms with Crippen LogP contribution < -0.4 is 20.0 Å². The Hall–Kier alpha value is -4.72. The van der Waals surface area contributed by atoms with Crippen LogP contribution in [0.1, 0.15) is 0 Å². The molecule has 0 aliphatic carbocycles. The molecule has 0 aliphatic rings. The van der Waals surface area contributed by atoms with Crippen molar-refractivity contribution < 1.29 is 30.3 Å². The van der Waals surface area contributed by atoms with Crippen molar-refractivity contribution in [3.8, 4) is 22.8 Å². The second kappa shape index (κ2) is 14.6. The van der Waals surface area contributed by atoms with Gasteiger partial charge in [-0.05, 0) is 24.3 Å². The van der Waals surface area contributed by atoms with Crippen LogP contribution in [0.4, 0.5) is 23.8 Å². The first-order valence-electron chi connectivity index (χ1n) is 12.0. The fraction of sp³-hybridized carbons (Fsp3) is 0.304. The normalized spacial score (nSPS) is 10.9. The number of aliphatic hydroxyl groups is 5. The lowest BCUT2D eigenvalue weighted by Gasteiger charge is -2.23. The molecule has 0 fully saturated rings. The van der Waals surface area contributed by atoms with Gasteiger partial charge in [-0.15, -0.1) is 0 Å². The number of hydrogen-bond acceptors (Lipinski definition) is 18. The Labute approximate surface area is 233 Å². The minimum Gasteiger partial charge on any atom is -0.376 e. The number of anilines is 4. The molecule has 18 nitrogen and oxygen atoms in total. The lowest BCUT2D eigenvalue weighted by atomic mass is 10.2. The third kappa shape index (κ3) is 7.48. The van der Waals surface area contributed by atoms with Crippen molar-refractivity contribution in [3.05, 3.63) is 49.1 Å². The van der Waals surface area contributed by atoms with Crippen molar-refractivity contribution >= 4 is 23.8 Å². The molecule has 0 unspecified atom stereocenters. The summed E-state index contributed by atoms with van der Waals surface area (Å²) in [5.74, 6) is 0.586. The largest absolute Gasteiger partial charge is 0.376 e. The standard InChI is InChI=1S/C23H28N12O6/c36-10-33(11-37)21-28-18(16-1-5-24-6-2-16)27-20(31-21)26-9-41-15-35(14-40)23-30-19(17-3-7-25-8-4-17)29-22(32-23)34(12-38)13-39/h1-8,36-40H,9-15H2,(H,26,27,28,31). The van der Waals surface area contributed by atoms with E-state index in [1.807, 2.05) is 0 Å². The third-order valence-electron chi connectivity index (χ3n) is 5.39. The van der Waals surface area contributed by atoms with Gasteiger partial charge in [0.1, 0.15) is 47.1 Å². The summed E-state index contributed by atoms with van der Waals surface area (Å²) in [6.07, 6.45) is 6.25. The van der Waals surface area contributed by atoms with E-state index in [1.165, 1.54) is 4.90 Å². The number of nitrogens with one attached hydrogen (secondary N) is 1. The first-order chi connectivity index (χ1) is 20.1. The number of hydrogen-bond donors (Lipinski definition) is 6. The minimum absolute atomic E-state index is 0.0140. The maximum Gasteiger partial charge on any atom is 0.234 e. The van der Waals surface area contributed by atoms with Gasteiger partial charge < -0.3 is 35.6 Å². The Kier molecular flexibility index (Phi) is 10.4. The van der Waals surface area contributed by atoms with Gasteiger partial charge in [-0.1, -0.05) is 0 Å². The first-order valence-corrected chi connectivity index (χ1v) is 12.0. The SMILES string of the molecule is OCN(CO)c1nc(NCOCN(CO)c2nc(-c3ccncc3)nc(N(CO)CO)n2)nc(-c2ccncc2)n1. The highest BCUT2D eigenvalue weighted by Crippen LogP contribution is 2.21. The van der Waals surface area contributed by atoms with E-state index in [4.69, 9.17) is 4.74 Å². The average Bonchev–Trinajstić information content (AvgIpc) is 3.03. The Morgan fingerprint density at radius 3 is 1.49 bits per heavy atom. The first kappa shape index (κ1) is 29.3. The van der Waals surface area contributed by atoms with E-state index < -0.39 is 33.7 Å². The lowest BCUT2D eigenvalue weighted by Crippen LogP contribution is -2.33. The predicted octanol–water partition coefficient (Wildman–Crippen LogP) is -1.61. The summed E-state index contributed by atoms with van der Waals surface area (Å²) in [7, 11) is 0. The molecule has 0 aliphatic heterocycles. The molecule has 0 amide bonds. The summed E-state index contributed by atoms with van der Waals surface area (Å²) >= 11 is 0. The topological polar surface area (TPSA) is 235 Å². The molecular weight excluding hydrogens is 540 g/mol. The molecular formula is C23H28N12O6. The van der Waals surface area contributed by atoms with Crippen molar-refractivity contribution in [2.75, 3.05) is 67.1 Å². The minimum atomic E-state index is -0.561. The van der Waals surface area contributed by atoms with Crippen LogP contribution in [0.15, 0.2) is 49.1 Å². The zero-order valence-electron chi connectivity index (χ0n) is 21.6. The van der Waals surface area contributed by atoms with Crippen molar-refractivity contribution in [2.24, 2.45) is 0 Å². The molecule has 41 heavy (non-hydrogen) atoms. The molecule has 4 aromatic heterocycles. The highest BCUT2D eigenvalue weighted by atomic mass is 16.5. The Morgan fingerprint density at radius 1 is 0.561 bits per heavy atom. The molecule has 6 N–H and O–H groups in total. The molecule has 18 heteroatoms. The van der Waals surface area contributed by atoms with Gasteiger partial charge in [0, 0.05) is 35.9 Å². The van der Waals surface area contributed by atoms with Crippen molar-refractivity contribution in [1.82, 2.24) is 39.9 Å². The van der Waals surface area contributed by atoms with Gasteiger partial charge in [0.2, 0.25) is 23.8 Å².